The van der Waals surface area contributed by atoms with Crippen LogP contribution >= 0.6 is 27.7 Å². The summed E-state index contributed by atoms with van der Waals surface area (Å²) < 4.78 is 4.61. The summed E-state index contributed by atoms with van der Waals surface area (Å²) in [5.41, 5.74) is 2.65. The molecule has 3 aliphatic rings. The second kappa shape index (κ2) is 9.47. The molecule has 7 nitrogen and oxygen atoms in total. The lowest BCUT2D eigenvalue weighted by molar-refractivity contribution is -0.154. The van der Waals surface area contributed by atoms with Gasteiger partial charge in [0.15, 0.2) is 0 Å². The van der Waals surface area contributed by atoms with Gasteiger partial charge in [0.1, 0.15) is 6.04 Å². The first kappa shape index (κ1) is 25.5. The van der Waals surface area contributed by atoms with Gasteiger partial charge in [0.2, 0.25) is 11.8 Å². The first-order valence-electron chi connectivity index (χ1n) is 11.9. The van der Waals surface area contributed by atoms with Crippen LogP contribution in [0, 0.1) is 31.6 Å². The van der Waals surface area contributed by atoms with Crippen LogP contribution in [0.2, 0.25) is 0 Å². The molecule has 186 valence electrons. The summed E-state index contributed by atoms with van der Waals surface area (Å²) in [6.45, 7) is 9.49. The van der Waals surface area contributed by atoms with Crippen LogP contribution in [0.15, 0.2) is 18.2 Å². The predicted octanol–water partition coefficient (Wildman–Crippen LogP) is 3.29. The molecule has 3 heterocycles. The van der Waals surface area contributed by atoms with Crippen LogP contribution in [0.25, 0.3) is 0 Å². The van der Waals surface area contributed by atoms with Gasteiger partial charge in [0.05, 0.1) is 35.8 Å². The van der Waals surface area contributed by atoms with Crippen LogP contribution in [0.4, 0.5) is 5.69 Å². The van der Waals surface area contributed by atoms with Crippen LogP contribution in [-0.2, 0) is 19.1 Å². The molecule has 34 heavy (non-hydrogen) atoms. The number of hydrogen-bond donors (Lipinski definition) is 2. The van der Waals surface area contributed by atoms with E-state index in [1.54, 1.807) is 23.6 Å². The predicted molar refractivity (Wildman–Crippen MR) is 136 cm³/mol. The number of thioether (sulfide) groups is 1. The number of carbonyl (C=O) groups excluding carboxylic acids is 3. The summed E-state index contributed by atoms with van der Waals surface area (Å²) in [6, 6.07) is 4.52. The number of aliphatic hydroxyl groups is 1. The molecule has 1 aromatic rings. The Hall–Kier alpha value is -1.58. The molecule has 1 spiro atoms. The summed E-state index contributed by atoms with van der Waals surface area (Å²) >= 11 is 5.30. The Morgan fingerprint density at radius 2 is 2.06 bits per heavy atom. The fourth-order valence-corrected chi connectivity index (χ4v) is 9.51. The molecule has 1 aromatic carbocycles. The molecule has 2 N–H and O–H groups in total. The molecule has 3 saturated heterocycles. The third-order valence-electron chi connectivity index (χ3n) is 7.50. The number of benzene rings is 1. The molecule has 0 saturated carbocycles. The summed E-state index contributed by atoms with van der Waals surface area (Å²) in [5, 5.41) is 13.2. The van der Waals surface area contributed by atoms with Crippen molar-refractivity contribution in [3.8, 4) is 0 Å². The first-order valence-corrected chi connectivity index (χ1v) is 13.7. The molecule has 2 bridgehead atoms. The van der Waals surface area contributed by atoms with Crippen molar-refractivity contribution in [1.29, 1.82) is 0 Å². The lowest BCUT2D eigenvalue weighted by atomic mass is 9.71. The van der Waals surface area contributed by atoms with Crippen molar-refractivity contribution in [2.75, 3.05) is 18.5 Å². The van der Waals surface area contributed by atoms with Gasteiger partial charge >= 0.3 is 5.97 Å². The maximum Gasteiger partial charge on any atom is 0.310 e. The monoisotopic (exact) mass is 552 g/mol. The van der Waals surface area contributed by atoms with E-state index in [0.717, 1.165) is 11.1 Å². The van der Waals surface area contributed by atoms with Gasteiger partial charge in [0.25, 0.3) is 0 Å². The number of aryl methyl sites for hydroxylation is 2. The minimum Gasteiger partial charge on any atom is -0.466 e. The Morgan fingerprint density at radius 3 is 2.68 bits per heavy atom. The van der Waals surface area contributed by atoms with Crippen molar-refractivity contribution in [1.82, 2.24) is 4.90 Å². The van der Waals surface area contributed by atoms with Gasteiger partial charge in [-0.05, 0) is 50.3 Å². The lowest BCUT2D eigenvalue weighted by Crippen LogP contribution is -2.56. The molecule has 3 fully saturated rings. The van der Waals surface area contributed by atoms with Crippen LogP contribution in [0.3, 0.4) is 0 Å². The summed E-state index contributed by atoms with van der Waals surface area (Å²) in [4.78, 5) is 42.6. The highest BCUT2D eigenvalue weighted by Gasteiger charge is 2.76. The average molecular weight is 554 g/mol. The van der Waals surface area contributed by atoms with Crippen molar-refractivity contribution in [3.63, 3.8) is 0 Å². The van der Waals surface area contributed by atoms with E-state index in [1.165, 1.54) is 0 Å². The number of ether oxygens (including phenoxy) is 1. The third-order valence-corrected chi connectivity index (χ3v) is 10.7. The molecular weight excluding hydrogens is 520 g/mol. The van der Waals surface area contributed by atoms with Gasteiger partial charge < -0.3 is 20.1 Å². The van der Waals surface area contributed by atoms with E-state index in [9.17, 15) is 19.5 Å². The minimum absolute atomic E-state index is 0.0152. The standard InChI is InChI=1S/C25H33BrN2O5S/c1-6-33-24(32)18-19-23(31)28(17(11-29)12(2)3)21(25(19)10-15(26)20(18)34-25)22(30)27-16-9-13(4)7-8-14(16)5/h7-9,12,15,17-21,29H,6,10-11H2,1-5H3,(H,27,30)/t15?,17-,18+,19-,20+,21?,25?/m0/s1. The topological polar surface area (TPSA) is 95.9 Å². The molecular formula is C25H33BrN2O5S. The van der Waals surface area contributed by atoms with Gasteiger partial charge in [-0.15, -0.1) is 11.8 Å². The number of rotatable bonds is 7. The average Bonchev–Trinajstić information content (AvgIpc) is 3.35. The SMILES string of the molecule is CCOC(=O)[C@H]1[C@@H]2SC3(CC2Br)C(C(=O)Nc2cc(C)ccc2C)N([C@@H](CO)C(C)C)C(=O)[C@H]13. The minimum atomic E-state index is -0.807. The largest absolute Gasteiger partial charge is 0.466 e. The van der Waals surface area contributed by atoms with Gasteiger partial charge in [-0.25, -0.2) is 0 Å². The number of alkyl halides is 1. The van der Waals surface area contributed by atoms with Gasteiger partial charge in [0, 0.05) is 15.8 Å². The fourth-order valence-electron chi connectivity index (χ4n) is 5.92. The van der Waals surface area contributed by atoms with Crippen LogP contribution in [0.5, 0.6) is 0 Å². The Balaban J connectivity index is 1.80. The van der Waals surface area contributed by atoms with Gasteiger partial charge in [-0.2, -0.15) is 0 Å². The fraction of sp³-hybridized carbons (Fsp3) is 0.640. The van der Waals surface area contributed by atoms with Crippen molar-refractivity contribution >= 4 is 51.2 Å². The highest BCUT2D eigenvalue weighted by Crippen LogP contribution is 2.68. The maximum absolute atomic E-state index is 14.0. The van der Waals surface area contributed by atoms with E-state index < -0.39 is 28.7 Å². The zero-order valence-electron chi connectivity index (χ0n) is 20.2. The Labute approximate surface area is 213 Å². The second-order valence-electron chi connectivity index (χ2n) is 9.96. The third kappa shape index (κ3) is 3.88. The zero-order chi connectivity index (χ0) is 24.9. The van der Waals surface area contributed by atoms with E-state index in [1.807, 2.05) is 45.9 Å². The van der Waals surface area contributed by atoms with E-state index in [-0.39, 0.29) is 47.0 Å². The van der Waals surface area contributed by atoms with Crippen molar-refractivity contribution < 1.29 is 24.2 Å². The number of esters is 1. The smallest absolute Gasteiger partial charge is 0.310 e. The summed E-state index contributed by atoms with van der Waals surface area (Å²) in [6.07, 6.45) is 0.590. The molecule has 0 radical (unpaired) electrons. The van der Waals surface area contributed by atoms with E-state index in [0.29, 0.717) is 12.1 Å². The van der Waals surface area contributed by atoms with Gasteiger partial charge in [-0.1, -0.05) is 41.9 Å². The van der Waals surface area contributed by atoms with Crippen molar-refractivity contribution in [2.45, 2.75) is 67.9 Å². The highest BCUT2D eigenvalue weighted by atomic mass is 79.9. The highest BCUT2D eigenvalue weighted by molar-refractivity contribution is 9.09. The Bertz CT molecular complexity index is 1000. The second-order valence-corrected chi connectivity index (χ2v) is 12.7. The number of halogens is 1. The zero-order valence-corrected chi connectivity index (χ0v) is 22.6. The molecule has 0 aliphatic carbocycles. The normalized spacial score (nSPS) is 32.8. The molecule has 9 heteroatoms. The Kier molecular flexibility index (Phi) is 7.10. The van der Waals surface area contributed by atoms with Crippen LogP contribution in [-0.4, -0.2) is 67.9 Å². The number of aliphatic hydroxyl groups excluding tert-OH is 1. The molecule has 0 aromatic heterocycles. The van der Waals surface area contributed by atoms with Crippen molar-refractivity contribution in [3.05, 3.63) is 29.3 Å². The number of anilines is 1. The van der Waals surface area contributed by atoms with E-state index in [4.69, 9.17) is 4.74 Å². The van der Waals surface area contributed by atoms with E-state index in [2.05, 4.69) is 21.2 Å². The maximum atomic E-state index is 14.0. The number of amides is 2. The summed E-state index contributed by atoms with van der Waals surface area (Å²) in [7, 11) is 0. The quantitative estimate of drug-likeness (QED) is 0.398. The van der Waals surface area contributed by atoms with Crippen LogP contribution < -0.4 is 5.32 Å². The van der Waals surface area contributed by atoms with Crippen LogP contribution in [0.1, 0.15) is 38.3 Å². The number of hydrogen-bond acceptors (Lipinski definition) is 6. The Morgan fingerprint density at radius 1 is 1.35 bits per heavy atom. The van der Waals surface area contributed by atoms with Crippen molar-refractivity contribution in [2.24, 2.45) is 17.8 Å². The number of carbonyl (C=O) groups is 3. The molecule has 2 amide bonds. The number of fused-ring (bicyclic) bond motifs is 1. The lowest BCUT2D eigenvalue weighted by Gasteiger charge is -2.38. The molecule has 4 rings (SSSR count). The number of nitrogens with one attached hydrogen (secondary N) is 1. The molecule has 3 unspecified atom stereocenters. The first-order chi connectivity index (χ1) is 16.1. The molecule has 7 atom stereocenters. The number of likely N-dealkylation sites (tertiary alicyclic amines) is 1. The molecule has 3 aliphatic heterocycles. The number of nitrogens with zero attached hydrogens (tertiary/aromatic N) is 1. The summed E-state index contributed by atoms with van der Waals surface area (Å²) in [5.74, 6) is -2.24. The van der Waals surface area contributed by atoms with Gasteiger partial charge in [-0.3, -0.25) is 14.4 Å². The van der Waals surface area contributed by atoms with E-state index >= 15 is 0 Å².